The third kappa shape index (κ3) is 4.56. The van der Waals surface area contributed by atoms with Gasteiger partial charge in [-0.15, -0.1) is 0 Å². The van der Waals surface area contributed by atoms with E-state index in [1.165, 1.54) is 10.7 Å². The van der Waals surface area contributed by atoms with Crippen molar-refractivity contribution in [3.8, 4) is 5.75 Å². The lowest BCUT2D eigenvalue weighted by Gasteiger charge is -2.10. The van der Waals surface area contributed by atoms with E-state index >= 15 is 0 Å². The van der Waals surface area contributed by atoms with Crippen molar-refractivity contribution in [2.75, 3.05) is 13.3 Å². The Hall–Kier alpha value is -1.37. The first-order valence-corrected chi connectivity index (χ1v) is 9.54. The predicted molar refractivity (Wildman–Crippen MR) is 81.6 cm³/mol. The molecule has 0 fully saturated rings. The minimum absolute atomic E-state index is 0.119. The van der Waals surface area contributed by atoms with Gasteiger partial charge in [-0.1, -0.05) is 38.3 Å². The Morgan fingerprint density at radius 1 is 1.00 bits per heavy atom. The van der Waals surface area contributed by atoms with Gasteiger partial charge in [0.1, 0.15) is 5.75 Å². The van der Waals surface area contributed by atoms with Crippen molar-refractivity contribution in [3.05, 3.63) is 36.4 Å². The second-order valence-electron chi connectivity index (χ2n) is 4.46. The van der Waals surface area contributed by atoms with Crippen LogP contribution in [-0.2, 0) is 10.1 Å². The first-order valence-electron chi connectivity index (χ1n) is 5.87. The Morgan fingerprint density at radius 2 is 1.45 bits per heavy atom. The van der Waals surface area contributed by atoms with Gasteiger partial charge in [0.25, 0.3) is 0 Å². The minimum atomic E-state index is -5.84. The summed E-state index contributed by atoms with van der Waals surface area (Å²) in [5, 5.41) is 13.2. The molecule has 0 atom stereocenters. The fourth-order valence-electron chi connectivity index (χ4n) is 1.66. The zero-order valence-electron chi connectivity index (χ0n) is 11.7. The molecule has 2 rings (SSSR count). The number of halogens is 3. The summed E-state index contributed by atoms with van der Waals surface area (Å²) >= 11 is 0. The third-order valence-electron chi connectivity index (χ3n) is 2.65. The van der Waals surface area contributed by atoms with Gasteiger partial charge in [0.15, 0.2) is 0 Å². The zero-order valence-corrected chi connectivity index (χ0v) is 13.4. The molecular weight excluding hydrogens is 340 g/mol. The van der Waals surface area contributed by atoms with Gasteiger partial charge in [-0.05, 0) is 30.1 Å². The molecule has 0 aromatic heterocycles. The molecule has 0 amide bonds. The van der Waals surface area contributed by atoms with Gasteiger partial charge in [0.05, 0.1) is 0 Å². The zero-order chi connectivity index (χ0) is 17.1. The number of hydrogen-bond donors (Lipinski definition) is 2. The summed E-state index contributed by atoms with van der Waals surface area (Å²) in [7, 11) is -5.96. The van der Waals surface area contributed by atoms with Crippen LogP contribution in [0.1, 0.15) is 0 Å². The van der Waals surface area contributed by atoms with E-state index in [1.807, 2.05) is 24.3 Å². The molecule has 0 bridgehead atoms. The lowest BCUT2D eigenvalue weighted by Crippen LogP contribution is -2.21. The van der Waals surface area contributed by atoms with Gasteiger partial charge in [-0.25, -0.2) is 0 Å². The summed E-state index contributed by atoms with van der Waals surface area (Å²) in [6, 6.07) is 11.8. The van der Waals surface area contributed by atoms with E-state index in [-0.39, 0.29) is 7.92 Å². The molecule has 2 aromatic rings. The first kappa shape index (κ1) is 18.7. The van der Waals surface area contributed by atoms with E-state index < -0.39 is 15.6 Å². The highest BCUT2D eigenvalue weighted by Gasteiger charge is 2.44. The van der Waals surface area contributed by atoms with Crippen LogP contribution in [-0.4, -0.2) is 36.9 Å². The number of benzene rings is 2. The summed E-state index contributed by atoms with van der Waals surface area (Å²) in [5.41, 5.74) is -5.53. The first-order chi connectivity index (χ1) is 9.95. The molecule has 0 aliphatic heterocycles. The normalized spacial score (nSPS) is 12.1. The van der Waals surface area contributed by atoms with Crippen LogP contribution in [0.3, 0.4) is 0 Å². The Morgan fingerprint density at radius 3 is 1.86 bits per heavy atom. The summed E-state index contributed by atoms with van der Waals surface area (Å²) in [6.45, 7) is 4.46. The van der Waals surface area contributed by atoms with Gasteiger partial charge in [-0.3, -0.25) is 4.55 Å². The van der Waals surface area contributed by atoms with Crippen molar-refractivity contribution in [3.63, 3.8) is 0 Å². The fraction of sp³-hybridized carbons (Fsp3) is 0.231. The van der Waals surface area contributed by atoms with Crippen molar-refractivity contribution >= 4 is 34.1 Å². The number of aromatic hydroxyl groups is 1. The molecule has 0 saturated carbocycles. The molecule has 2 aromatic carbocycles. The summed E-state index contributed by atoms with van der Waals surface area (Å²) in [6.07, 6.45) is 0. The molecule has 0 saturated heterocycles. The molecule has 0 heterocycles. The fourth-order valence-corrected chi connectivity index (χ4v) is 2.71. The molecule has 2 N–H and O–H groups in total. The standard InChI is InChI=1S/C12H13OP.CHF3O3S/c1-14(2)12-8-7-11(13)9-5-3-4-6-10(9)12;2-1(3,4)8(5,6)7/h3-8,13H,1-2H3;(H,5,6,7). The number of phenolic OH excluding ortho intramolecular Hbond substituents is 1. The van der Waals surface area contributed by atoms with Gasteiger partial charge in [-0.2, -0.15) is 21.6 Å². The van der Waals surface area contributed by atoms with Crippen molar-refractivity contribution in [2.45, 2.75) is 5.51 Å². The largest absolute Gasteiger partial charge is 0.522 e. The van der Waals surface area contributed by atoms with E-state index in [4.69, 9.17) is 13.0 Å². The van der Waals surface area contributed by atoms with E-state index in [0.29, 0.717) is 5.75 Å². The predicted octanol–water partition coefficient (Wildman–Crippen LogP) is 3.31. The lowest BCUT2D eigenvalue weighted by atomic mass is 10.1. The smallest absolute Gasteiger partial charge is 0.507 e. The average molecular weight is 354 g/mol. The Labute approximate surface area is 127 Å². The summed E-state index contributed by atoms with van der Waals surface area (Å²) < 4.78 is 57.5. The van der Waals surface area contributed by atoms with Crippen LogP contribution in [0, 0.1) is 0 Å². The molecule has 0 radical (unpaired) electrons. The van der Waals surface area contributed by atoms with Crippen molar-refractivity contribution < 1.29 is 31.2 Å². The Bertz CT molecular complexity index is 757. The van der Waals surface area contributed by atoms with E-state index in [9.17, 15) is 18.3 Å². The second-order valence-corrected chi connectivity index (χ2v) is 8.15. The van der Waals surface area contributed by atoms with Crippen LogP contribution in [0.2, 0.25) is 0 Å². The van der Waals surface area contributed by atoms with Crippen molar-refractivity contribution in [2.24, 2.45) is 0 Å². The highest BCUT2D eigenvalue weighted by molar-refractivity contribution is 7.86. The van der Waals surface area contributed by atoms with E-state index in [2.05, 4.69) is 19.4 Å². The van der Waals surface area contributed by atoms with Gasteiger partial charge >= 0.3 is 15.6 Å². The number of alkyl halides is 3. The van der Waals surface area contributed by atoms with Crippen LogP contribution in [0.4, 0.5) is 13.2 Å². The highest BCUT2D eigenvalue weighted by Crippen LogP contribution is 2.32. The molecular formula is C13H14F3O4PS. The van der Waals surface area contributed by atoms with Gasteiger partial charge in [0, 0.05) is 5.39 Å². The maximum Gasteiger partial charge on any atom is 0.522 e. The Kier molecular flexibility index (Phi) is 5.78. The molecule has 4 nitrogen and oxygen atoms in total. The highest BCUT2D eigenvalue weighted by atomic mass is 32.2. The maximum absolute atomic E-state index is 10.7. The van der Waals surface area contributed by atoms with Crippen LogP contribution in [0.5, 0.6) is 5.75 Å². The van der Waals surface area contributed by atoms with Gasteiger partial charge in [0.2, 0.25) is 0 Å². The quantitative estimate of drug-likeness (QED) is 0.468. The maximum atomic E-state index is 10.7. The SMILES string of the molecule is CP(C)c1ccc(O)c2ccccc12.O=S(=O)(O)C(F)(F)F. The molecule has 22 heavy (non-hydrogen) atoms. The van der Waals surface area contributed by atoms with Crippen molar-refractivity contribution in [1.82, 2.24) is 0 Å². The monoisotopic (exact) mass is 354 g/mol. The van der Waals surface area contributed by atoms with Crippen LogP contribution < -0.4 is 5.30 Å². The van der Waals surface area contributed by atoms with Crippen LogP contribution >= 0.6 is 7.92 Å². The van der Waals surface area contributed by atoms with Crippen LogP contribution in [0.25, 0.3) is 10.8 Å². The molecule has 0 aliphatic carbocycles. The number of fused-ring (bicyclic) bond motifs is 1. The van der Waals surface area contributed by atoms with Crippen LogP contribution in [0.15, 0.2) is 36.4 Å². The number of hydrogen-bond acceptors (Lipinski definition) is 3. The summed E-state index contributed by atoms with van der Waals surface area (Å²) in [4.78, 5) is 0. The Balaban J connectivity index is 0.000000261. The lowest BCUT2D eigenvalue weighted by molar-refractivity contribution is -0.0510. The molecule has 0 unspecified atom stereocenters. The molecule has 122 valence electrons. The number of phenols is 1. The minimum Gasteiger partial charge on any atom is -0.507 e. The van der Waals surface area contributed by atoms with Crippen molar-refractivity contribution in [1.29, 1.82) is 0 Å². The molecule has 9 heteroatoms. The third-order valence-corrected chi connectivity index (χ3v) is 4.59. The second kappa shape index (κ2) is 6.81. The van der Waals surface area contributed by atoms with E-state index in [0.717, 1.165) is 5.39 Å². The molecule has 0 spiro atoms. The topological polar surface area (TPSA) is 74.6 Å². The average Bonchev–Trinajstić information content (AvgIpc) is 2.37. The molecule has 0 aliphatic rings. The van der Waals surface area contributed by atoms with Gasteiger partial charge < -0.3 is 5.11 Å². The summed E-state index contributed by atoms with van der Waals surface area (Å²) in [5.74, 6) is 0.376. The van der Waals surface area contributed by atoms with E-state index in [1.54, 1.807) is 6.07 Å². The number of rotatable bonds is 1.